The van der Waals surface area contributed by atoms with Crippen molar-refractivity contribution in [2.45, 2.75) is 38.8 Å². The number of methoxy groups -OCH3 is 1. The van der Waals surface area contributed by atoms with Gasteiger partial charge in [-0.1, -0.05) is 13.3 Å². The minimum atomic E-state index is 0.418. The summed E-state index contributed by atoms with van der Waals surface area (Å²) in [5.41, 5.74) is 0. The van der Waals surface area contributed by atoms with Gasteiger partial charge in [0.05, 0.1) is 0 Å². The average Bonchev–Trinajstić information content (AvgIpc) is 2.47. The highest BCUT2D eigenvalue weighted by molar-refractivity contribution is 4.85. The fraction of sp³-hybridized carbons (Fsp3) is 1.00. The van der Waals surface area contributed by atoms with E-state index in [0.717, 1.165) is 11.8 Å². The molecule has 0 N–H and O–H groups in total. The molecule has 0 aliphatic carbocycles. The molecule has 0 saturated carbocycles. The van der Waals surface area contributed by atoms with E-state index < -0.39 is 0 Å². The van der Waals surface area contributed by atoms with Crippen molar-refractivity contribution < 1.29 is 4.74 Å². The second-order valence-electron chi connectivity index (χ2n) is 4.48. The summed E-state index contributed by atoms with van der Waals surface area (Å²) in [6.07, 6.45) is 5.79. The minimum absolute atomic E-state index is 0.418. The third-order valence-corrected chi connectivity index (χ3v) is 3.91. The molecule has 3 aliphatic heterocycles. The summed E-state index contributed by atoms with van der Waals surface area (Å²) in [7, 11) is 1.85. The summed E-state index contributed by atoms with van der Waals surface area (Å²) >= 11 is 0. The molecule has 0 radical (unpaired) electrons. The minimum Gasteiger partial charge on any atom is -0.366 e. The molecule has 0 aromatic carbocycles. The van der Waals surface area contributed by atoms with Crippen LogP contribution < -0.4 is 0 Å². The molecule has 0 amide bonds. The molecule has 2 heteroatoms. The van der Waals surface area contributed by atoms with Crippen molar-refractivity contribution in [2.75, 3.05) is 20.2 Å². The van der Waals surface area contributed by atoms with Gasteiger partial charge in [0.15, 0.2) is 0 Å². The third kappa shape index (κ3) is 1.75. The molecule has 2 bridgehead atoms. The summed E-state index contributed by atoms with van der Waals surface area (Å²) in [5, 5.41) is 0. The Morgan fingerprint density at radius 1 is 1.31 bits per heavy atom. The maximum absolute atomic E-state index is 5.52. The Labute approximate surface area is 81.3 Å². The van der Waals surface area contributed by atoms with Gasteiger partial charge in [0.2, 0.25) is 0 Å². The molecule has 1 unspecified atom stereocenters. The van der Waals surface area contributed by atoms with Gasteiger partial charge in [0.1, 0.15) is 6.23 Å². The Morgan fingerprint density at radius 3 is 2.85 bits per heavy atom. The first-order chi connectivity index (χ1) is 6.35. The van der Waals surface area contributed by atoms with Crippen LogP contribution in [0.15, 0.2) is 0 Å². The van der Waals surface area contributed by atoms with Crippen LogP contribution in [-0.4, -0.2) is 31.3 Å². The fourth-order valence-corrected chi connectivity index (χ4v) is 3.02. The van der Waals surface area contributed by atoms with Crippen molar-refractivity contribution in [1.29, 1.82) is 0 Å². The van der Waals surface area contributed by atoms with Crippen molar-refractivity contribution in [3.8, 4) is 0 Å². The van der Waals surface area contributed by atoms with E-state index in [4.69, 9.17) is 4.74 Å². The molecule has 0 aromatic rings. The number of fused-ring (bicyclic) bond motifs is 4. The smallest absolute Gasteiger partial charge is 0.110 e. The second kappa shape index (κ2) is 3.97. The van der Waals surface area contributed by atoms with Gasteiger partial charge >= 0.3 is 0 Å². The van der Waals surface area contributed by atoms with E-state index in [1.165, 1.54) is 38.8 Å². The van der Waals surface area contributed by atoms with Crippen LogP contribution in [0.2, 0.25) is 0 Å². The maximum atomic E-state index is 5.52. The number of rotatable bonds is 2. The standard InChI is InChI=1S/C11H21NO/c1-3-9-8-12-7-6-10(9)4-5-11(12)13-2/h9-11H,3-8H2,1-2H3/t9-,10+,11+/m0/s1. The lowest BCUT2D eigenvalue weighted by atomic mass is 9.83. The first-order valence-electron chi connectivity index (χ1n) is 5.62. The number of ether oxygens (including phenoxy) is 1. The lowest BCUT2D eigenvalue weighted by molar-refractivity contribution is -0.0422. The quantitative estimate of drug-likeness (QED) is 0.650. The largest absolute Gasteiger partial charge is 0.366 e. The molecule has 3 heterocycles. The van der Waals surface area contributed by atoms with Crippen molar-refractivity contribution in [3.05, 3.63) is 0 Å². The maximum Gasteiger partial charge on any atom is 0.110 e. The average molecular weight is 183 g/mol. The molecule has 2 nitrogen and oxygen atoms in total. The number of hydrogen-bond donors (Lipinski definition) is 0. The molecular weight excluding hydrogens is 162 g/mol. The van der Waals surface area contributed by atoms with Crippen LogP contribution in [0.3, 0.4) is 0 Å². The molecule has 3 fully saturated rings. The van der Waals surface area contributed by atoms with Crippen molar-refractivity contribution >= 4 is 0 Å². The predicted molar refractivity (Wildman–Crippen MR) is 53.5 cm³/mol. The highest BCUT2D eigenvalue weighted by atomic mass is 16.5. The van der Waals surface area contributed by atoms with Gasteiger partial charge in [-0.05, 0) is 31.1 Å². The van der Waals surface area contributed by atoms with Gasteiger partial charge in [0, 0.05) is 20.2 Å². The lowest BCUT2D eigenvalue weighted by Crippen LogP contribution is -2.42. The molecule has 4 atom stereocenters. The van der Waals surface area contributed by atoms with Gasteiger partial charge in [-0.3, -0.25) is 4.90 Å². The van der Waals surface area contributed by atoms with E-state index in [0.29, 0.717) is 6.23 Å². The molecule has 3 saturated heterocycles. The summed E-state index contributed by atoms with van der Waals surface area (Å²) in [5.74, 6) is 1.93. The van der Waals surface area contributed by atoms with Crippen LogP contribution in [0.4, 0.5) is 0 Å². The Balaban J connectivity index is 2.06. The van der Waals surface area contributed by atoms with Crippen LogP contribution in [0.25, 0.3) is 0 Å². The molecule has 0 spiro atoms. The Morgan fingerprint density at radius 2 is 2.15 bits per heavy atom. The van der Waals surface area contributed by atoms with Crippen LogP contribution >= 0.6 is 0 Å². The Kier molecular flexibility index (Phi) is 2.89. The predicted octanol–water partition coefficient (Wildman–Crippen LogP) is 2.10. The van der Waals surface area contributed by atoms with Crippen molar-refractivity contribution in [1.82, 2.24) is 4.90 Å². The zero-order valence-electron chi connectivity index (χ0n) is 8.83. The van der Waals surface area contributed by atoms with E-state index in [-0.39, 0.29) is 0 Å². The highest BCUT2D eigenvalue weighted by Gasteiger charge is 2.35. The van der Waals surface area contributed by atoms with E-state index in [2.05, 4.69) is 11.8 Å². The number of piperidine rings is 1. The lowest BCUT2D eigenvalue weighted by Gasteiger charge is -2.36. The Hall–Kier alpha value is -0.0800. The molecule has 13 heavy (non-hydrogen) atoms. The van der Waals surface area contributed by atoms with E-state index in [1.807, 2.05) is 7.11 Å². The molecule has 3 aliphatic rings. The van der Waals surface area contributed by atoms with Crippen molar-refractivity contribution in [3.63, 3.8) is 0 Å². The van der Waals surface area contributed by atoms with Gasteiger partial charge in [-0.2, -0.15) is 0 Å². The zero-order chi connectivity index (χ0) is 9.26. The number of nitrogens with zero attached hydrogens (tertiary/aromatic N) is 1. The molecule has 0 aromatic heterocycles. The third-order valence-electron chi connectivity index (χ3n) is 3.91. The second-order valence-corrected chi connectivity index (χ2v) is 4.48. The van der Waals surface area contributed by atoms with E-state index in [9.17, 15) is 0 Å². The topological polar surface area (TPSA) is 12.5 Å². The highest BCUT2D eigenvalue weighted by Crippen LogP contribution is 2.35. The summed E-state index contributed by atoms with van der Waals surface area (Å²) in [4.78, 5) is 2.54. The fourth-order valence-electron chi connectivity index (χ4n) is 3.02. The summed E-state index contributed by atoms with van der Waals surface area (Å²) in [6.45, 7) is 4.87. The summed E-state index contributed by atoms with van der Waals surface area (Å²) in [6, 6.07) is 0. The SMILES string of the molecule is CC[C@H]1CN2CC[C@H]1CC[C@H]2OC. The monoisotopic (exact) mass is 183 g/mol. The first kappa shape index (κ1) is 9.47. The zero-order valence-corrected chi connectivity index (χ0v) is 8.83. The molecule has 3 rings (SSSR count). The molecule has 76 valence electrons. The van der Waals surface area contributed by atoms with Gasteiger partial charge in [-0.25, -0.2) is 0 Å². The number of hydrogen-bond acceptors (Lipinski definition) is 2. The van der Waals surface area contributed by atoms with Gasteiger partial charge in [0.25, 0.3) is 0 Å². The van der Waals surface area contributed by atoms with Crippen molar-refractivity contribution in [2.24, 2.45) is 11.8 Å². The van der Waals surface area contributed by atoms with Crippen LogP contribution in [0, 0.1) is 11.8 Å². The summed E-state index contributed by atoms with van der Waals surface area (Å²) < 4.78 is 5.52. The van der Waals surface area contributed by atoms with Crippen LogP contribution in [0.1, 0.15) is 32.6 Å². The normalized spacial score (nSPS) is 44.8. The Bertz CT molecular complexity index is 169. The van der Waals surface area contributed by atoms with Crippen LogP contribution in [-0.2, 0) is 4.74 Å². The van der Waals surface area contributed by atoms with Crippen LogP contribution in [0.5, 0.6) is 0 Å². The van der Waals surface area contributed by atoms with Gasteiger partial charge < -0.3 is 4.74 Å². The first-order valence-corrected chi connectivity index (χ1v) is 5.62. The molecular formula is C11H21NO. The van der Waals surface area contributed by atoms with E-state index in [1.54, 1.807) is 0 Å². The van der Waals surface area contributed by atoms with Gasteiger partial charge in [-0.15, -0.1) is 0 Å². The van der Waals surface area contributed by atoms with E-state index >= 15 is 0 Å².